The molecular formula is C42H26S. The number of hydrogen-bond acceptors (Lipinski definition) is 1. The summed E-state index contributed by atoms with van der Waals surface area (Å²) in [5.74, 6) is 0. The lowest BCUT2D eigenvalue weighted by molar-refractivity contribution is 1.63. The van der Waals surface area contributed by atoms with E-state index in [-0.39, 0.29) is 0 Å². The van der Waals surface area contributed by atoms with E-state index in [4.69, 9.17) is 0 Å². The molecule has 0 amide bonds. The maximum atomic E-state index is 2.38. The van der Waals surface area contributed by atoms with E-state index in [0.717, 1.165) is 0 Å². The van der Waals surface area contributed by atoms with Gasteiger partial charge in [-0.3, -0.25) is 0 Å². The molecule has 1 aromatic heterocycles. The molecular weight excluding hydrogens is 537 g/mol. The fourth-order valence-corrected chi connectivity index (χ4v) is 8.10. The van der Waals surface area contributed by atoms with Gasteiger partial charge in [-0.1, -0.05) is 140 Å². The van der Waals surface area contributed by atoms with Crippen LogP contribution in [0.5, 0.6) is 0 Å². The predicted molar refractivity (Wildman–Crippen MR) is 188 cm³/mol. The predicted octanol–water partition coefficient (Wildman–Crippen LogP) is 12.5. The highest BCUT2D eigenvalue weighted by atomic mass is 32.1. The Morgan fingerprint density at radius 3 is 1.58 bits per heavy atom. The topological polar surface area (TPSA) is 0 Å². The van der Waals surface area contributed by atoms with Gasteiger partial charge < -0.3 is 0 Å². The Morgan fingerprint density at radius 1 is 0.302 bits per heavy atom. The van der Waals surface area contributed by atoms with Gasteiger partial charge in [-0.2, -0.15) is 0 Å². The SMILES string of the molecule is c1ccc(-c2c3ccccc3c(-c3cccc(-c4ccc5c(c4)sc4ccc6ccccc6c45)c3)c3ccccc23)cc1. The van der Waals surface area contributed by atoms with Gasteiger partial charge in [-0.25, -0.2) is 0 Å². The first-order valence-electron chi connectivity index (χ1n) is 14.8. The molecule has 0 saturated carbocycles. The molecule has 0 bridgehead atoms. The normalized spacial score (nSPS) is 11.7. The van der Waals surface area contributed by atoms with E-state index in [1.165, 1.54) is 85.9 Å². The van der Waals surface area contributed by atoms with Crippen LogP contribution in [0.3, 0.4) is 0 Å². The number of thiophene rings is 1. The lowest BCUT2D eigenvalue weighted by Crippen LogP contribution is -1.91. The third-order valence-corrected chi connectivity index (χ3v) is 9.96. The molecule has 0 radical (unpaired) electrons. The van der Waals surface area contributed by atoms with Crippen LogP contribution in [0.4, 0.5) is 0 Å². The maximum absolute atomic E-state index is 2.38. The van der Waals surface area contributed by atoms with Gasteiger partial charge in [0.05, 0.1) is 0 Å². The summed E-state index contributed by atoms with van der Waals surface area (Å²) in [6.07, 6.45) is 0. The van der Waals surface area contributed by atoms with Crippen molar-refractivity contribution in [3.8, 4) is 33.4 Å². The van der Waals surface area contributed by atoms with Crippen LogP contribution >= 0.6 is 11.3 Å². The summed E-state index contributed by atoms with van der Waals surface area (Å²) < 4.78 is 2.67. The van der Waals surface area contributed by atoms with Crippen LogP contribution in [-0.4, -0.2) is 0 Å². The Morgan fingerprint density at radius 2 is 0.860 bits per heavy atom. The van der Waals surface area contributed by atoms with Gasteiger partial charge in [0.15, 0.2) is 0 Å². The average Bonchev–Trinajstić information content (AvgIpc) is 3.46. The second-order valence-electron chi connectivity index (χ2n) is 11.3. The highest BCUT2D eigenvalue weighted by molar-refractivity contribution is 7.26. The zero-order valence-corrected chi connectivity index (χ0v) is 24.2. The smallest absolute Gasteiger partial charge is 0.0361 e. The average molecular weight is 563 g/mol. The van der Waals surface area contributed by atoms with Crippen molar-refractivity contribution in [1.82, 2.24) is 0 Å². The monoisotopic (exact) mass is 562 g/mol. The minimum absolute atomic E-state index is 1.24. The third-order valence-electron chi connectivity index (χ3n) is 8.84. The van der Waals surface area contributed by atoms with Crippen LogP contribution in [0.15, 0.2) is 158 Å². The first-order valence-corrected chi connectivity index (χ1v) is 15.6. The summed E-state index contributed by atoms with van der Waals surface area (Å²) in [7, 11) is 0. The molecule has 9 aromatic rings. The van der Waals surface area contributed by atoms with Crippen molar-refractivity contribution >= 4 is 63.8 Å². The van der Waals surface area contributed by atoms with Crippen LogP contribution in [0, 0.1) is 0 Å². The fourth-order valence-electron chi connectivity index (χ4n) is 6.94. The minimum Gasteiger partial charge on any atom is -0.135 e. The zero-order valence-electron chi connectivity index (χ0n) is 23.4. The van der Waals surface area contributed by atoms with E-state index in [1.54, 1.807) is 0 Å². The van der Waals surface area contributed by atoms with Crippen molar-refractivity contribution in [1.29, 1.82) is 0 Å². The van der Waals surface area contributed by atoms with E-state index in [1.807, 2.05) is 11.3 Å². The number of benzene rings is 8. The molecule has 43 heavy (non-hydrogen) atoms. The van der Waals surface area contributed by atoms with Crippen molar-refractivity contribution in [2.24, 2.45) is 0 Å². The zero-order chi connectivity index (χ0) is 28.3. The van der Waals surface area contributed by atoms with Gasteiger partial charge in [0.1, 0.15) is 0 Å². The van der Waals surface area contributed by atoms with Crippen LogP contribution in [-0.2, 0) is 0 Å². The molecule has 1 heteroatoms. The maximum Gasteiger partial charge on any atom is 0.0361 e. The lowest BCUT2D eigenvalue weighted by atomic mass is 9.85. The Balaban J connectivity index is 1.26. The van der Waals surface area contributed by atoms with E-state index in [2.05, 4.69) is 158 Å². The molecule has 0 atom stereocenters. The first-order chi connectivity index (χ1) is 21.3. The van der Waals surface area contributed by atoms with Crippen LogP contribution in [0.1, 0.15) is 0 Å². The van der Waals surface area contributed by atoms with Gasteiger partial charge in [-0.15, -0.1) is 11.3 Å². The van der Waals surface area contributed by atoms with Gasteiger partial charge in [0, 0.05) is 20.2 Å². The van der Waals surface area contributed by atoms with Gasteiger partial charge >= 0.3 is 0 Å². The molecule has 0 spiro atoms. The molecule has 0 aliphatic carbocycles. The molecule has 0 aliphatic rings. The Bertz CT molecular complexity index is 2440. The van der Waals surface area contributed by atoms with Gasteiger partial charge in [-0.05, 0) is 83.9 Å². The molecule has 8 aromatic carbocycles. The Kier molecular flexibility index (Phi) is 5.47. The second-order valence-corrected chi connectivity index (χ2v) is 12.3. The molecule has 1 heterocycles. The number of rotatable bonds is 3. The van der Waals surface area contributed by atoms with Crippen molar-refractivity contribution < 1.29 is 0 Å². The fraction of sp³-hybridized carbons (Fsp3) is 0. The lowest BCUT2D eigenvalue weighted by Gasteiger charge is -2.18. The molecule has 0 nitrogen and oxygen atoms in total. The second kappa shape index (κ2) is 9.66. The molecule has 0 aliphatic heterocycles. The Hall–Kier alpha value is -5.24. The molecule has 9 rings (SSSR count). The summed E-state index contributed by atoms with van der Waals surface area (Å²) in [6.45, 7) is 0. The number of hydrogen-bond donors (Lipinski definition) is 0. The molecule has 200 valence electrons. The van der Waals surface area contributed by atoms with Crippen LogP contribution < -0.4 is 0 Å². The summed E-state index contributed by atoms with van der Waals surface area (Å²) in [4.78, 5) is 0. The van der Waals surface area contributed by atoms with Gasteiger partial charge in [0.2, 0.25) is 0 Å². The molecule has 0 saturated heterocycles. The molecule has 0 fully saturated rings. The van der Waals surface area contributed by atoms with Crippen molar-refractivity contribution in [3.63, 3.8) is 0 Å². The summed E-state index contributed by atoms with van der Waals surface area (Å²) in [6, 6.07) is 57.9. The summed E-state index contributed by atoms with van der Waals surface area (Å²) >= 11 is 1.89. The molecule has 0 N–H and O–H groups in total. The minimum atomic E-state index is 1.24. The highest BCUT2D eigenvalue weighted by Gasteiger charge is 2.17. The van der Waals surface area contributed by atoms with Crippen molar-refractivity contribution in [3.05, 3.63) is 158 Å². The van der Waals surface area contributed by atoms with E-state index >= 15 is 0 Å². The largest absolute Gasteiger partial charge is 0.135 e. The first kappa shape index (κ1) is 24.4. The molecule has 0 unspecified atom stereocenters. The van der Waals surface area contributed by atoms with E-state index in [9.17, 15) is 0 Å². The summed E-state index contributed by atoms with van der Waals surface area (Å²) in [5.41, 5.74) is 7.57. The standard InChI is InChI=1S/C42H26S/c1-2-12-28(13-3-1)40-33-17-6-8-19-35(33)41(36-20-9-7-18-34(36)40)31-15-10-14-29(25-31)30-21-23-37-39(26-30)43-38-24-22-27-11-4-5-16-32(27)42(37)38/h1-26H. The highest BCUT2D eigenvalue weighted by Crippen LogP contribution is 2.45. The van der Waals surface area contributed by atoms with Gasteiger partial charge in [0.25, 0.3) is 0 Å². The third kappa shape index (κ3) is 3.82. The summed E-state index contributed by atoms with van der Waals surface area (Å²) in [5, 5.41) is 10.5. The quantitative estimate of drug-likeness (QED) is 0.188. The van der Waals surface area contributed by atoms with Crippen LogP contribution in [0.2, 0.25) is 0 Å². The number of fused-ring (bicyclic) bond motifs is 7. The van der Waals surface area contributed by atoms with Crippen LogP contribution in [0.25, 0.3) is 85.9 Å². The Labute approximate surface area is 254 Å². The van der Waals surface area contributed by atoms with E-state index in [0.29, 0.717) is 0 Å². The van der Waals surface area contributed by atoms with Crippen molar-refractivity contribution in [2.75, 3.05) is 0 Å². The van der Waals surface area contributed by atoms with Crippen molar-refractivity contribution in [2.45, 2.75) is 0 Å². The van der Waals surface area contributed by atoms with E-state index < -0.39 is 0 Å².